The van der Waals surface area contributed by atoms with E-state index in [1.54, 1.807) is 6.92 Å². The van der Waals surface area contributed by atoms with Gasteiger partial charge in [-0.25, -0.2) is 14.2 Å². The number of nitrogens with zero attached hydrogens (tertiary/aromatic N) is 1. The Morgan fingerprint density at radius 3 is 2.73 bits per heavy atom. The van der Waals surface area contributed by atoms with Gasteiger partial charge in [0.25, 0.3) is 0 Å². The van der Waals surface area contributed by atoms with Crippen LogP contribution < -0.4 is 4.74 Å². The standard InChI is InChI=1S/C13H9F4NO4/c1-2-20-12(19)11-18-6-10(21-11)7-3-4-8(14)9(5-7)22-13(15,16)17/h3-6H,2H2,1H3. The Morgan fingerprint density at radius 2 is 2.09 bits per heavy atom. The van der Waals surface area contributed by atoms with E-state index in [2.05, 4.69) is 14.5 Å². The lowest BCUT2D eigenvalue weighted by molar-refractivity contribution is -0.275. The van der Waals surface area contributed by atoms with Gasteiger partial charge in [0.1, 0.15) is 0 Å². The van der Waals surface area contributed by atoms with Gasteiger partial charge in [-0.2, -0.15) is 0 Å². The first-order chi connectivity index (χ1) is 10.3. The van der Waals surface area contributed by atoms with Crippen LogP contribution in [0, 0.1) is 5.82 Å². The van der Waals surface area contributed by atoms with Gasteiger partial charge < -0.3 is 13.9 Å². The van der Waals surface area contributed by atoms with Crippen LogP contribution >= 0.6 is 0 Å². The summed E-state index contributed by atoms with van der Waals surface area (Å²) in [4.78, 5) is 15.0. The number of carbonyl (C=O) groups excluding carboxylic acids is 1. The molecule has 1 aromatic carbocycles. The number of rotatable bonds is 4. The molecule has 0 saturated carbocycles. The molecule has 1 aromatic heterocycles. The fourth-order valence-corrected chi connectivity index (χ4v) is 1.55. The fourth-order valence-electron chi connectivity index (χ4n) is 1.55. The number of oxazole rings is 1. The number of carbonyl (C=O) groups is 1. The van der Waals surface area contributed by atoms with Crippen LogP contribution in [0.25, 0.3) is 11.3 Å². The summed E-state index contributed by atoms with van der Waals surface area (Å²) in [5.74, 6) is -3.41. The number of alkyl halides is 3. The van der Waals surface area contributed by atoms with E-state index < -0.39 is 23.9 Å². The number of benzene rings is 1. The lowest BCUT2D eigenvalue weighted by Crippen LogP contribution is -2.17. The van der Waals surface area contributed by atoms with Crippen molar-refractivity contribution in [2.45, 2.75) is 13.3 Å². The highest BCUT2D eigenvalue weighted by atomic mass is 19.4. The molecule has 0 amide bonds. The molecular formula is C13H9F4NO4. The van der Waals surface area contributed by atoms with Crippen molar-refractivity contribution >= 4 is 5.97 Å². The summed E-state index contributed by atoms with van der Waals surface area (Å²) in [6.45, 7) is 1.69. The highest BCUT2D eigenvalue weighted by Crippen LogP contribution is 2.30. The minimum atomic E-state index is -5.03. The summed E-state index contributed by atoms with van der Waals surface area (Å²) >= 11 is 0. The Morgan fingerprint density at radius 1 is 1.36 bits per heavy atom. The molecular weight excluding hydrogens is 310 g/mol. The highest BCUT2D eigenvalue weighted by Gasteiger charge is 2.32. The fraction of sp³-hybridized carbons (Fsp3) is 0.231. The average Bonchev–Trinajstić information content (AvgIpc) is 2.90. The molecule has 0 fully saturated rings. The van der Waals surface area contributed by atoms with Gasteiger partial charge in [-0.3, -0.25) is 0 Å². The van der Waals surface area contributed by atoms with Crippen LogP contribution in [0.5, 0.6) is 5.75 Å². The molecule has 118 valence electrons. The first-order valence-corrected chi connectivity index (χ1v) is 5.98. The second kappa shape index (κ2) is 6.04. The maximum atomic E-state index is 13.3. The van der Waals surface area contributed by atoms with Gasteiger partial charge in [-0.05, 0) is 25.1 Å². The monoisotopic (exact) mass is 319 g/mol. The summed E-state index contributed by atoms with van der Waals surface area (Å²) in [6, 6.07) is 2.73. The second-order valence-corrected chi connectivity index (χ2v) is 3.94. The van der Waals surface area contributed by atoms with Gasteiger partial charge in [0.2, 0.25) is 0 Å². The zero-order valence-corrected chi connectivity index (χ0v) is 11.1. The number of hydrogen-bond donors (Lipinski definition) is 0. The molecule has 0 aliphatic carbocycles. The van der Waals surface area contributed by atoms with E-state index in [1.165, 1.54) is 0 Å². The third-order valence-corrected chi connectivity index (χ3v) is 2.40. The summed E-state index contributed by atoms with van der Waals surface area (Å²) in [5, 5.41) is 0. The molecule has 2 aromatic rings. The number of ether oxygens (including phenoxy) is 2. The minimum absolute atomic E-state index is 0.0323. The van der Waals surface area contributed by atoms with Crippen LogP contribution in [0.1, 0.15) is 17.6 Å². The molecule has 22 heavy (non-hydrogen) atoms. The van der Waals surface area contributed by atoms with Crippen molar-refractivity contribution in [2.24, 2.45) is 0 Å². The maximum absolute atomic E-state index is 13.3. The molecule has 0 atom stereocenters. The lowest BCUT2D eigenvalue weighted by Gasteiger charge is -2.10. The van der Waals surface area contributed by atoms with E-state index in [1.807, 2.05) is 0 Å². The van der Waals surface area contributed by atoms with Crippen molar-refractivity contribution in [2.75, 3.05) is 6.61 Å². The summed E-state index contributed by atoms with van der Waals surface area (Å²) in [6.07, 6.45) is -3.92. The Bertz CT molecular complexity index is 681. The van der Waals surface area contributed by atoms with Crippen molar-refractivity contribution < 1.29 is 36.2 Å². The van der Waals surface area contributed by atoms with Gasteiger partial charge in [-0.1, -0.05) is 0 Å². The molecule has 9 heteroatoms. The number of halogens is 4. The van der Waals surface area contributed by atoms with E-state index in [0.717, 1.165) is 24.4 Å². The van der Waals surface area contributed by atoms with Gasteiger partial charge in [0.15, 0.2) is 17.3 Å². The van der Waals surface area contributed by atoms with Crippen molar-refractivity contribution in [3.63, 3.8) is 0 Å². The van der Waals surface area contributed by atoms with Crippen LogP contribution in [-0.4, -0.2) is 23.9 Å². The molecule has 5 nitrogen and oxygen atoms in total. The average molecular weight is 319 g/mol. The molecule has 0 N–H and O–H groups in total. The summed E-state index contributed by atoms with van der Waals surface area (Å²) in [7, 11) is 0. The van der Waals surface area contributed by atoms with Gasteiger partial charge in [0.05, 0.1) is 12.8 Å². The molecule has 0 bridgehead atoms. The van der Waals surface area contributed by atoms with Gasteiger partial charge in [0, 0.05) is 5.56 Å². The minimum Gasteiger partial charge on any atom is -0.459 e. The Labute approximate surface area is 121 Å². The zero-order valence-electron chi connectivity index (χ0n) is 11.1. The van der Waals surface area contributed by atoms with Crippen molar-refractivity contribution in [1.29, 1.82) is 0 Å². The zero-order chi connectivity index (χ0) is 16.3. The van der Waals surface area contributed by atoms with Crippen LogP contribution in [0.15, 0.2) is 28.8 Å². The molecule has 0 radical (unpaired) electrons. The Hall–Kier alpha value is -2.58. The predicted octanol–water partition coefficient (Wildman–Crippen LogP) is 3.56. The van der Waals surface area contributed by atoms with E-state index in [9.17, 15) is 22.4 Å². The van der Waals surface area contributed by atoms with Crippen molar-refractivity contribution in [3.8, 4) is 17.1 Å². The van der Waals surface area contributed by atoms with E-state index in [4.69, 9.17) is 4.42 Å². The molecule has 0 spiro atoms. The van der Waals surface area contributed by atoms with E-state index in [0.29, 0.717) is 0 Å². The quantitative estimate of drug-likeness (QED) is 0.637. The smallest absolute Gasteiger partial charge is 0.459 e. The molecule has 2 rings (SSSR count). The van der Waals surface area contributed by atoms with Crippen LogP contribution in [0.4, 0.5) is 17.6 Å². The molecule has 1 heterocycles. The maximum Gasteiger partial charge on any atom is 0.573 e. The van der Waals surface area contributed by atoms with Crippen molar-refractivity contribution in [1.82, 2.24) is 4.98 Å². The first kappa shape index (κ1) is 15.8. The second-order valence-electron chi connectivity index (χ2n) is 3.94. The van der Waals surface area contributed by atoms with Crippen molar-refractivity contribution in [3.05, 3.63) is 36.1 Å². The first-order valence-electron chi connectivity index (χ1n) is 5.98. The largest absolute Gasteiger partial charge is 0.573 e. The lowest BCUT2D eigenvalue weighted by atomic mass is 10.2. The molecule has 0 aliphatic rings. The number of aromatic nitrogens is 1. The van der Waals surface area contributed by atoms with Gasteiger partial charge in [-0.15, -0.1) is 13.2 Å². The Balaban J connectivity index is 2.30. The SMILES string of the molecule is CCOC(=O)c1ncc(-c2ccc(F)c(OC(F)(F)F)c2)o1. The third-order valence-electron chi connectivity index (χ3n) is 2.40. The number of esters is 1. The number of hydrogen-bond acceptors (Lipinski definition) is 5. The van der Waals surface area contributed by atoms with Gasteiger partial charge >= 0.3 is 18.2 Å². The van der Waals surface area contributed by atoms with Crippen LogP contribution in [0.3, 0.4) is 0 Å². The normalized spacial score (nSPS) is 11.3. The van der Waals surface area contributed by atoms with Crippen LogP contribution in [0.2, 0.25) is 0 Å². The molecule has 0 aliphatic heterocycles. The highest BCUT2D eigenvalue weighted by molar-refractivity contribution is 5.84. The molecule has 0 unspecified atom stereocenters. The molecule has 0 saturated heterocycles. The third kappa shape index (κ3) is 3.74. The van der Waals surface area contributed by atoms with E-state index in [-0.39, 0.29) is 23.8 Å². The Kier molecular flexibility index (Phi) is 4.34. The summed E-state index contributed by atoms with van der Waals surface area (Å²) in [5.41, 5.74) is 0.0590. The topological polar surface area (TPSA) is 61.6 Å². The summed E-state index contributed by atoms with van der Waals surface area (Å²) < 4.78 is 63.1. The predicted molar refractivity (Wildman–Crippen MR) is 64.5 cm³/mol. The van der Waals surface area contributed by atoms with Crippen LogP contribution in [-0.2, 0) is 4.74 Å². The van der Waals surface area contributed by atoms with E-state index >= 15 is 0 Å².